The molecule has 0 aromatic heterocycles. The van der Waals surface area contributed by atoms with Crippen molar-refractivity contribution in [1.29, 1.82) is 0 Å². The van der Waals surface area contributed by atoms with Gasteiger partial charge in [0.05, 0.1) is 0 Å². The monoisotopic (exact) mass is 206 g/mol. The standard InChI is InChI=1S/C9H9F3O2/c1-6-3-2-4-7(5-6)14-9(12,13)8(10)11/h2-5,8,13H,1H3. The van der Waals surface area contributed by atoms with E-state index < -0.39 is 12.5 Å². The van der Waals surface area contributed by atoms with E-state index in [1.807, 2.05) is 0 Å². The first-order valence-corrected chi connectivity index (χ1v) is 3.87. The van der Waals surface area contributed by atoms with Crippen molar-refractivity contribution in [1.82, 2.24) is 0 Å². The molecule has 0 radical (unpaired) electrons. The predicted molar refractivity (Wildman–Crippen MR) is 43.9 cm³/mol. The van der Waals surface area contributed by atoms with Crippen LogP contribution in [0.15, 0.2) is 24.3 Å². The molecule has 2 nitrogen and oxygen atoms in total. The minimum atomic E-state index is -3.94. The predicted octanol–water partition coefficient (Wildman–Crippen LogP) is 2.25. The van der Waals surface area contributed by atoms with Crippen LogP contribution in [0.25, 0.3) is 0 Å². The van der Waals surface area contributed by atoms with Crippen molar-refractivity contribution in [3.8, 4) is 5.75 Å². The second-order valence-electron chi connectivity index (χ2n) is 2.83. The van der Waals surface area contributed by atoms with Crippen LogP contribution in [0.3, 0.4) is 0 Å². The first kappa shape index (κ1) is 10.8. The van der Waals surface area contributed by atoms with Gasteiger partial charge < -0.3 is 9.84 Å². The van der Waals surface area contributed by atoms with Gasteiger partial charge in [0.15, 0.2) is 0 Å². The Balaban J connectivity index is 2.78. The first-order valence-electron chi connectivity index (χ1n) is 3.87. The highest BCUT2D eigenvalue weighted by atomic mass is 19.3. The number of benzene rings is 1. The maximum Gasteiger partial charge on any atom is 0.424 e. The van der Waals surface area contributed by atoms with E-state index in [0.717, 1.165) is 0 Å². The molecular formula is C9H9F3O2. The van der Waals surface area contributed by atoms with Gasteiger partial charge in [-0.25, -0.2) is 0 Å². The number of rotatable bonds is 3. The molecule has 1 aromatic rings. The van der Waals surface area contributed by atoms with Crippen molar-refractivity contribution in [2.24, 2.45) is 0 Å². The Kier molecular flexibility index (Phi) is 3.00. The molecular weight excluding hydrogens is 197 g/mol. The zero-order chi connectivity index (χ0) is 10.8. The summed E-state index contributed by atoms with van der Waals surface area (Å²) >= 11 is 0. The molecule has 0 spiro atoms. The van der Waals surface area contributed by atoms with Crippen molar-refractivity contribution in [2.75, 3.05) is 0 Å². The average Bonchev–Trinajstić information content (AvgIpc) is 2.02. The second kappa shape index (κ2) is 3.88. The van der Waals surface area contributed by atoms with Gasteiger partial charge in [-0.05, 0) is 24.6 Å². The Morgan fingerprint density at radius 3 is 2.57 bits per heavy atom. The summed E-state index contributed by atoms with van der Waals surface area (Å²) in [5.41, 5.74) is 0.715. The summed E-state index contributed by atoms with van der Waals surface area (Å²) < 4.78 is 40.4. The molecule has 14 heavy (non-hydrogen) atoms. The molecule has 0 saturated heterocycles. The fourth-order valence-electron chi connectivity index (χ4n) is 0.889. The molecule has 0 heterocycles. The van der Waals surface area contributed by atoms with Gasteiger partial charge in [0, 0.05) is 0 Å². The van der Waals surface area contributed by atoms with E-state index >= 15 is 0 Å². The molecule has 0 bridgehead atoms. The van der Waals surface area contributed by atoms with Crippen LogP contribution in [-0.4, -0.2) is 17.6 Å². The smallest absolute Gasteiger partial charge is 0.424 e. The fourth-order valence-corrected chi connectivity index (χ4v) is 0.889. The highest BCUT2D eigenvalue weighted by Crippen LogP contribution is 2.23. The molecule has 1 N–H and O–H groups in total. The third-order valence-corrected chi connectivity index (χ3v) is 1.52. The SMILES string of the molecule is Cc1cccc(OC(O)(F)C(F)F)c1. The Bertz CT molecular complexity index is 313. The lowest BCUT2D eigenvalue weighted by Crippen LogP contribution is -2.38. The van der Waals surface area contributed by atoms with Crippen LogP contribution in [0.1, 0.15) is 5.56 Å². The number of halogens is 3. The molecule has 1 atom stereocenters. The molecule has 1 aromatic carbocycles. The van der Waals surface area contributed by atoms with Crippen LogP contribution >= 0.6 is 0 Å². The topological polar surface area (TPSA) is 29.5 Å². The van der Waals surface area contributed by atoms with Crippen LogP contribution in [0.2, 0.25) is 0 Å². The summed E-state index contributed by atoms with van der Waals surface area (Å²) in [5.74, 6) is -0.143. The lowest BCUT2D eigenvalue weighted by Gasteiger charge is -2.19. The summed E-state index contributed by atoms with van der Waals surface area (Å²) in [5, 5.41) is 8.50. The number of alkyl halides is 3. The first-order chi connectivity index (χ1) is 6.42. The minimum Gasteiger partial charge on any atom is -0.432 e. The second-order valence-corrected chi connectivity index (χ2v) is 2.83. The van der Waals surface area contributed by atoms with Crippen molar-refractivity contribution in [3.63, 3.8) is 0 Å². The minimum absolute atomic E-state index is 0.143. The van der Waals surface area contributed by atoms with E-state index in [1.165, 1.54) is 18.2 Å². The molecule has 0 aliphatic carbocycles. The lowest BCUT2D eigenvalue weighted by molar-refractivity contribution is -0.302. The van der Waals surface area contributed by atoms with Crippen LogP contribution in [-0.2, 0) is 0 Å². The molecule has 0 aliphatic heterocycles. The third-order valence-electron chi connectivity index (χ3n) is 1.52. The van der Waals surface area contributed by atoms with E-state index in [1.54, 1.807) is 13.0 Å². The lowest BCUT2D eigenvalue weighted by atomic mass is 10.2. The summed E-state index contributed by atoms with van der Waals surface area (Å²) in [6, 6.07) is 1.87. The van der Waals surface area contributed by atoms with Gasteiger partial charge in [0.25, 0.3) is 0 Å². The Labute approximate surface area is 78.9 Å². The zero-order valence-corrected chi connectivity index (χ0v) is 7.38. The van der Waals surface area contributed by atoms with Gasteiger partial charge in [-0.3, -0.25) is 0 Å². The van der Waals surface area contributed by atoms with Gasteiger partial charge in [-0.2, -0.15) is 13.2 Å². The van der Waals surface area contributed by atoms with E-state index in [-0.39, 0.29) is 5.75 Å². The molecule has 1 rings (SSSR count). The molecule has 1 unspecified atom stereocenters. The summed E-state index contributed by atoms with van der Waals surface area (Å²) in [6.07, 6.45) is -3.61. The highest BCUT2D eigenvalue weighted by molar-refractivity contribution is 5.27. The Morgan fingerprint density at radius 2 is 2.07 bits per heavy atom. The van der Waals surface area contributed by atoms with E-state index in [2.05, 4.69) is 4.74 Å². The Morgan fingerprint density at radius 1 is 1.43 bits per heavy atom. The van der Waals surface area contributed by atoms with Crippen molar-refractivity contribution >= 4 is 0 Å². The van der Waals surface area contributed by atoms with Crippen molar-refractivity contribution in [2.45, 2.75) is 19.4 Å². The molecule has 0 saturated carbocycles. The number of hydrogen-bond acceptors (Lipinski definition) is 2. The van der Waals surface area contributed by atoms with Gasteiger partial charge in [-0.1, -0.05) is 12.1 Å². The number of hydrogen-bond donors (Lipinski definition) is 1. The maximum atomic E-state index is 12.6. The van der Waals surface area contributed by atoms with Crippen molar-refractivity contribution < 1.29 is 23.0 Å². The van der Waals surface area contributed by atoms with E-state index in [4.69, 9.17) is 5.11 Å². The number of ether oxygens (including phenoxy) is 1. The Hall–Kier alpha value is -1.23. The summed E-state index contributed by atoms with van der Waals surface area (Å²) in [4.78, 5) is 0. The zero-order valence-electron chi connectivity index (χ0n) is 7.38. The highest BCUT2D eigenvalue weighted by Gasteiger charge is 2.41. The van der Waals surface area contributed by atoms with Gasteiger partial charge in [0.2, 0.25) is 0 Å². The molecule has 0 fully saturated rings. The quantitative estimate of drug-likeness (QED) is 0.768. The van der Waals surface area contributed by atoms with Crippen LogP contribution < -0.4 is 4.74 Å². The molecule has 78 valence electrons. The van der Waals surface area contributed by atoms with Gasteiger partial charge in [0.1, 0.15) is 5.75 Å². The van der Waals surface area contributed by atoms with Gasteiger partial charge in [-0.15, -0.1) is 0 Å². The van der Waals surface area contributed by atoms with Crippen LogP contribution in [0, 0.1) is 6.92 Å². The number of aliphatic hydroxyl groups is 1. The normalized spacial score (nSPS) is 15.3. The van der Waals surface area contributed by atoms with Crippen LogP contribution in [0.5, 0.6) is 5.75 Å². The maximum absolute atomic E-state index is 12.6. The molecule has 0 amide bonds. The molecule has 5 heteroatoms. The fraction of sp³-hybridized carbons (Fsp3) is 0.333. The molecule has 0 aliphatic rings. The van der Waals surface area contributed by atoms with Gasteiger partial charge >= 0.3 is 12.5 Å². The average molecular weight is 206 g/mol. The van der Waals surface area contributed by atoms with Crippen LogP contribution in [0.4, 0.5) is 13.2 Å². The summed E-state index contributed by atoms with van der Waals surface area (Å²) in [6.45, 7) is 1.69. The number of aryl methyl sites for hydroxylation is 1. The summed E-state index contributed by atoms with van der Waals surface area (Å²) in [7, 11) is 0. The third kappa shape index (κ3) is 2.63. The van der Waals surface area contributed by atoms with E-state index in [0.29, 0.717) is 5.56 Å². The largest absolute Gasteiger partial charge is 0.432 e. The van der Waals surface area contributed by atoms with E-state index in [9.17, 15) is 13.2 Å². The van der Waals surface area contributed by atoms with Crippen molar-refractivity contribution in [3.05, 3.63) is 29.8 Å².